The molecular formula is C24H37N5O. The number of phenolic OH excluding ortho intramolecular Hbond substituents is 1. The van der Waals surface area contributed by atoms with Crippen LogP contribution in [0.4, 0.5) is 11.8 Å². The lowest BCUT2D eigenvalue weighted by molar-refractivity contribution is 0.444. The van der Waals surface area contributed by atoms with E-state index in [0.29, 0.717) is 17.3 Å². The Kier molecular flexibility index (Phi) is 7.11. The van der Waals surface area contributed by atoms with Crippen LogP contribution in [-0.2, 0) is 10.8 Å². The molecule has 1 heterocycles. The summed E-state index contributed by atoms with van der Waals surface area (Å²) in [4.78, 5) is 11.2. The summed E-state index contributed by atoms with van der Waals surface area (Å²) in [7, 11) is 0. The van der Waals surface area contributed by atoms with Gasteiger partial charge in [0.15, 0.2) is 5.82 Å². The first-order valence-electron chi connectivity index (χ1n) is 10.6. The zero-order valence-electron chi connectivity index (χ0n) is 20.0. The number of phenols is 1. The molecule has 0 bridgehead atoms. The van der Waals surface area contributed by atoms with Gasteiger partial charge in [-0.1, -0.05) is 47.6 Å². The van der Waals surface area contributed by atoms with Gasteiger partial charge in [-0.05, 0) is 43.2 Å². The zero-order chi connectivity index (χ0) is 22.7. The number of hydrogen-bond donors (Lipinski definition) is 2. The number of rotatable bonds is 6. The Morgan fingerprint density at radius 3 is 2.17 bits per heavy atom. The van der Waals surface area contributed by atoms with E-state index in [1.54, 1.807) is 6.21 Å². The van der Waals surface area contributed by atoms with Gasteiger partial charge >= 0.3 is 0 Å². The summed E-state index contributed by atoms with van der Waals surface area (Å²) in [6, 6.07) is 5.96. The molecule has 1 aromatic heterocycles. The Labute approximate surface area is 181 Å². The highest BCUT2D eigenvalue weighted by molar-refractivity contribution is 5.85. The molecule has 0 saturated heterocycles. The average molecular weight is 412 g/mol. The summed E-state index contributed by atoms with van der Waals surface area (Å²) in [5.41, 5.74) is 6.43. The molecule has 0 amide bonds. The molecule has 0 radical (unpaired) electrons. The Morgan fingerprint density at radius 2 is 1.63 bits per heavy atom. The minimum atomic E-state index is -0.177. The van der Waals surface area contributed by atoms with Crippen molar-refractivity contribution >= 4 is 18.0 Å². The molecule has 2 rings (SSSR count). The predicted octanol–water partition coefficient (Wildman–Crippen LogP) is 5.38. The van der Waals surface area contributed by atoms with E-state index in [0.717, 1.165) is 29.9 Å². The minimum Gasteiger partial charge on any atom is -0.507 e. The molecule has 2 N–H and O–H groups in total. The highest BCUT2D eigenvalue weighted by atomic mass is 16.3. The van der Waals surface area contributed by atoms with E-state index < -0.39 is 0 Å². The van der Waals surface area contributed by atoms with E-state index in [9.17, 15) is 5.11 Å². The molecule has 0 aliphatic rings. The highest BCUT2D eigenvalue weighted by Crippen LogP contribution is 2.37. The van der Waals surface area contributed by atoms with Crippen molar-refractivity contribution in [3.05, 3.63) is 40.6 Å². The van der Waals surface area contributed by atoms with E-state index in [2.05, 4.69) is 86.9 Å². The quantitative estimate of drug-likeness (QED) is 0.493. The highest BCUT2D eigenvalue weighted by Gasteiger charge is 2.24. The van der Waals surface area contributed by atoms with Gasteiger partial charge in [-0.3, -0.25) is 5.43 Å². The van der Waals surface area contributed by atoms with Gasteiger partial charge in [0.25, 0.3) is 0 Å². The monoisotopic (exact) mass is 411 g/mol. The number of hydrogen-bond acceptors (Lipinski definition) is 6. The Bertz CT molecular complexity index is 903. The number of nitrogens with one attached hydrogen (secondary N) is 1. The van der Waals surface area contributed by atoms with E-state index in [-0.39, 0.29) is 16.6 Å². The van der Waals surface area contributed by atoms with Crippen molar-refractivity contribution in [2.75, 3.05) is 23.4 Å². The lowest BCUT2D eigenvalue weighted by Gasteiger charge is -2.26. The second-order valence-electron chi connectivity index (χ2n) is 9.70. The van der Waals surface area contributed by atoms with Crippen molar-refractivity contribution in [2.45, 2.75) is 73.1 Å². The third kappa shape index (κ3) is 5.71. The second-order valence-corrected chi connectivity index (χ2v) is 9.70. The van der Waals surface area contributed by atoms with Gasteiger partial charge < -0.3 is 10.0 Å². The standard InChI is InChI=1S/C24H37N5O/c1-10-29(11-2)22-26-16(3)12-20(27-22)28-25-15-17-13-18(23(4,5)6)14-19(21(17)30)24(7,8)9/h12-15,30H,10-11H2,1-9H3,(H,26,27,28)/b25-15+. The van der Waals surface area contributed by atoms with Gasteiger partial charge in [0.05, 0.1) is 6.21 Å². The van der Waals surface area contributed by atoms with Crippen LogP contribution in [0.1, 0.15) is 77.8 Å². The SMILES string of the molecule is CCN(CC)c1nc(C)cc(N/N=C/c2cc(C(C)(C)C)cc(C(C)(C)C)c2O)n1. The Hall–Kier alpha value is -2.63. The van der Waals surface area contributed by atoms with Crippen molar-refractivity contribution in [1.29, 1.82) is 0 Å². The van der Waals surface area contributed by atoms with E-state index >= 15 is 0 Å². The molecule has 0 aliphatic heterocycles. The molecule has 0 fully saturated rings. The van der Waals surface area contributed by atoms with Gasteiger partial charge in [0.1, 0.15) is 5.75 Å². The molecular weight excluding hydrogens is 374 g/mol. The van der Waals surface area contributed by atoms with Crippen LogP contribution in [0.25, 0.3) is 0 Å². The maximum Gasteiger partial charge on any atom is 0.227 e. The molecule has 0 saturated carbocycles. The number of hydrazone groups is 1. The first-order chi connectivity index (χ1) is 13.9. The molecule has 0 unspecified atom stereocenters. The predicted molar refractivity (Wildman–Crippen MR) is 127 cm³/mol. The lowest BCUT2D eigenvalue weighted by Crippen LogP contribution is -2.24. The minimum absolute atomic E-state index is 0.0356. The third-order valence-electron chi connectivity index (χ3n) is 5.08. The maximum atomic E-state index is 10.9. The number of benzene rings is 1. The lowest BCUT2D eigenvalue weighted by atomic mass is 9.79. The van der Waals surface area contributed by atoms with Crippen LogP contribution in [-0.4, -0.2) is 34.4 Å². The summed E-state index contributed by atoms with van der Waals surface area (Å²) in [6.45, 7) is 20.6. The van der Waals surface area contributed by atoms with Crippen LogP contribution in [0, 0.1) is 6.92 Å². The van der Waals surface area contributed by atoms with Crippen LogP contribution < -0.4 is 10.3 Å². The van der Waals surface area contributed by atoms with E-state index in [4.69, 9.17) is 0 Å². The Morgan fingerprint density at radius 1 is 1.00 bits per heavy atom. The molecule has 164 valence electrons. The van der Waals surface area contributed by atoms with Crippen LogP contribution in [0.5, 0.6) is 5.75 Å². The summed E-state index contributed by atoms with van der Waals surface area (Å²) < 4.78 is 0. The number of anilines is 2. The summed E-state index contributed by atoms with van der Waals surface area (Å²) in [5, 5.41) is 15.3. The maximum absolute atomic E-state index is 10.9. The average Bonchev–Trinajstić information content (AvgIpc) is 2.62. The molecule has 6 nitrogen and oxygen atoms in total. The number of aromatic nitrogens is 2. The zero-order valence-corrected chi connectivity index (χ0v) is 20.0. The summed E-state index contributed by atoms with van der Waals surface area (Å²) in [6.07, 6.45) is 1.66. The van der Waals surface area contributed by atoms with Gasteiger partial charge in [-0.2, -0.15) is 10.1 Å². The van der Waals surface area contributed by atoms with Crippen LogP contribution >= 0.6 is 0 Å². The molecule has 0 aliphatic carbocycles. The van der Waals surface area contributed by atoms with Crippen molar-refractivity contribution in [3.63, 3.8) is 0 Å². The van der Waals surface area contributed by atoms with Crippen LogP contribution in [0.15, 0.2) is 23.3 Å². The smallest absolute Gasteiger partial charge is 0.227 e. The summed E-state index contributed by atoms with van der Waals surface area (Å²) >= 11 is 0. The molecule has 6 heteroatoms. The van der Waals surface area contributed by atoms with E-state index in [1.807, 2.05) is 19.1 Å². The van der Waals surface area contributed by atoms with Gasteiger partial charge in [0, 0.05) is 36.0 Å². The number of aryl methyl sites for hydroxylation is 1. The number of aromatic hydroxyl groups is 1. The fourth-order valence-electron chi connectivity index (χ4n) is 3.19. The normalized spacial score (nSPS) is 12.4. The van der Waals surface area contributed by atoms with Crippen molar-refractivity contribution in [3.8, 4) is 5.75 Å². The topological polar surface area (TPSA) is 73.6 Å². The third-order valence-corrected chi connectivity index (χ3v) is 5.08. The van der Waals surface area contributed by atoms with Gasteiger partial charge in [-0.15, -0.1) is 0 Å². The van der Waals surface area contributed by atoms with Crippen LogP contribution in [0.3, 0.4) is 0 Å². The van der Waals surface area contributed by atoms with Crippen molar-refractivity contribution in [1.82, 2.24) is 9.97 Å². The molecule has 1 aromatic carbocycles. The molecule has 0 spiro atoms. The largest absolute Gasteiger partial charge is 0.507 e. The van der Waals surface area contributed by atoms with Crippen LogP contribution in [0.2, 0.25) is 0 Å². The molecule has 0 atom stereocenters. The first kappa shape index (κ1) is 23.6. The van der Waals surface area contributed by atoms with Crippen molar-refractivity contribution in [2.24, 2.45) is 5.10 Å². The summed E-state index contributed by atoms with van der Waals surface area (Å²) in [5.74, 6) is 1.58. The van der Waals surface area contributed by atoms with Crippen molar-refractivity contribution < 1.29 is 5.11 Å². The second kappa shape index (κ2) is 9.02. The fourth-order valence-corrected chi connectivity index (χ4v) is 3.19. The first-order valence-corrected chi connectivity index (χ1v) is 10.6. The van der Waals surface area contributed by atoms with Gasteiger partial charge in [-0.25, -0.2) is 4.98 Å². The molecule has 30 heavy (non-hydrogen) atoms. The Balaban J connectivity index is 2.39. The molecule has 2 aromatic rings. The van der Waals surface area contributed by atoms with Gasteiger partial charge in [0.2, 0.25) is 5.95 Å². The number of nitrogens with zero attached hydrogens (tertiary/aromatic N) is 4. The van der Waals surface area contributed by atoms with E-state index in [1.165, 1.54) is 0 Å². The fraction of sp³-hybridized carbons (Fsp3) is 0.542.